The van der Waals surface area contributed by atoms with Crippen LogP contribution in [0.5, 0.6) is 0 Å². The quantitative estimate of drug-likeness (QED) is 0.734. The maximum absolute atomic E-state index is 5.44. The van der Waals surface area contributed by atoms with Crippen molar-refractivity contribution in [3.05, 3.63) is 24.2 Å². The lowest BCUT2D eigenvalue weighted by Crippen LogP contribution is -1.99. The van der Waals surface area contributed by atoms with Crippen molar-refractivity contribution in [2.75, 3.05) is 6.54 Å². The molecule has 0 aliphatic heterocycles. The number of hydrogen-bond donors (Lipinski definition) is 1. The van der Waals surface area contributed by atoms with Gasteiger partial charge in [-0.15, -0.1) is 5.10 Å². The Bertz CT molecular complexity index is 444. The van der Waals surface area contributed by atoms with E-state index in [-0.39, 0.29) is 0 Å². The number of nitrogens with two attached hydrogens (primary N) is 1. The van der Waals surface area contributed by atoms with Crippen LogP contribution in [0.3, 0.4) is 0 Å². The van der Waals surface area contributed by atoms with E-state index in [1.54, 1.807) is 9.36 Å². The second kappa shape index (κ2) is 4.89. The Morgan fingerprint density at radius 2 is 2.25 bits per heavy atom. The molecular formula is C10H16N6. The topological polar surface area (TPSA) is 74.5 Å². The molecule has 0 amide bonds. The number of nitrogens with zero attached hydrogens (tertiary/aromatic N) is 5. The van der Waals surface area contributed by atoms with Crippen LogP contribution in [-0.2, 0) is 13.5 Å². The number of aryl methyl sites for hydroxylation is 2. The van der Waals surface area contributed by atoms with Gasteiger partial charge in [-0.05, 0) is 25.8 Å². The van der Waals surface area contributed by atoms with Gasteiger partial charge in [0.25, 0.3) is 0 Å². The molecule has 2 N–H and O–H groups in total. The predicted molar refractivity (Wildman–Crippen MR) is 60.1 cm³/mol. The summed E-state index contributed by atoms with van der Waals surface area (Å²) in [4.78, 5) is 0. The smallest absolute Gasteiger partial charge is 0.176 e. The minimum Gasteiger partial charge on any atom is -0.330 e. The van der Waals surface area contributed by atoms with Crippen LogP contribution < -0.4 is 5.73 Å². The SMILES string of the molecule is Cn1ccc(-n2cc(CCCCN)nn2)n1. The molecule has 0 aliphatic carbocycles. The van der Waals surface area contributed by atoms with E-state index in [1.807, 2.05) is 25.5 Å². The summed E-state index contributed by atoms with van der Waals surface area (Å²) in [6, 6.07) is 1.90. The van der Waals surface area contributed by atoms with Crippen molar-refractivity contribution in [2.24, 2.45) is 12.8 Å². The van der Waals surface area contributed by atoms with Gasteiger partial charge >= 0.3 is 0 Å². The van der Waals surface area contributed by atoms with Crippen LogP contribution in [0.4, 0.5) is 0 Å². The van der Waals surface area contributed by atoms with E-state index in [0.29, 0.717) is 0 Å². The van der Waals surface area contributed by atoms with Crippen molar-refractivity contribution in [1.29, 1.82) is 0 Å². The van der Waals surface area contributed by atoms with Crippen LogP contribution in [0, 0.1) is 0 Å². The van der Waals surface area contributed by atoms with E-state index in [9.17, 15) is 0 Å². The minimum atomic E-state index is 0.731. The molecule has 0 saturated carbocycles. The molecule has 6 heteroatoms. The normalized spacial score (nSPS) is 10.9. The fourth-order valence-corrected chi connectivity index (χ4v) is 1.50. The maximum atomic E-state index is 5.44. The van der Waals surface area contributed by atoms with Gasteiger partial charge in [0.2, 0.25) is 0 Å². The highest BCUT2D eigenvalue weighted by Gasteiger charge is 2.04. The fourth-order valence-electron chi connectivity index (χ4n) is 1.50. The minimum absolute atomic E-state index is 0.731. The average Bonchev–Trinajstić information content (AvgIpc) is 2.87. The zero-order valence-corrected chi connectivity index (χ0v) is 9.37. The summed E-state index contributed by atoms with van der Waals surface area (Å²) in [7, 11) is 1.88. The molecule has 0 saturated heterocycles. The number of unbranched alkanes of at least 4 members (excludes halogenated alkanes) is 1. The summed E-state index contributed by atoms with van der Waals surface area (Å²) < 4.78 is 3.43. The lowest BCUT2D eigenvalue weighted by molar-refractivity contribution is 0.710. The summed E-state index contributed by atoms with van der Waals surface area (Å²) >= 11 is 0. The zero-order valence-electron chi connectivity index (χ0n) is 9.37. The second-order valence-corrected chi connectivity index (χ2v) is 3.75. The van der Waals surface area contributed by atoms with Gasteiger partial charge in [0.1, 0.15) is 0 Å². The Labute approximate surface area is 94.1 Å². The molecule has 86 valence electrons. The van der Waals surface area contributed by atoms with Crippen molar-refractivity contribution in [1.82, 2.24) is 24.8 Å². The van der Waals surface area contributed by atoms with Gasteiger partial charge in [-0.2, -0.15) is 5.10 Å². The zero-order chi connectivity index (χ0) is 11.4. The van der Waals surface area contributed by atoms with Gasteiger partial charge in [0, 0.05) is 19.3 Å². The standard InChI is InChI=1S/C10H16N6/c1-15-7-5-10(13-15)16-8-9(12-14-16)4-2-3-6-11/h5,7-8H,2-4,6,11H2,1H3. The first-order valence-corrected chi connectivity index (χ1v) is 5.41. The molecule has 0 atom stereocenters. The molecule has 0 bridgehead atoms. The molecule has 6 nitrogen and oxygen atoms in total. The molecule has 0 unspecified atom stereocenters. The molecular weight excluding hydrogens is 204 g/mol. The highest BCUT2D eigenvalue weighted by Crippen LogP contribution is 2.05. The lowest BCUT2D eigenvalue weighted by Gasteiger charge is -1.93. The van der Waals surface area contributed by atoms with Crippen LogP contribution in [0.15, 0.2) is 18.5 Å². The highest BCUT2D eigenvalue weighted by molar-refractivity contribution is 5.18. The Kier molecular flexibility index (Phi) is 3.31. The molecule has 16 heavy (non-hydrogen) atoms. The predicted octanol–water partition coefficient (Wildman–Crippen LogP) is 0.282. The fraction of sp³-hybridized carbons (Fsp3) is 0.500. The van der Waals surface area contributed by atoms with E-state index < -0.39 is 0 Å². The number of hydrogen-bond acceptors (Lipinski definition) is 4. The molecule has 2 rings (SSSR count). The molecule has 0 spiro atoms. The van der Waals surface area contributed by atoms with Gasteiger partial charge in [-0.1, -0.05) is 5.21 Å². The van der Waals surface area contributed by atoms with E-state index in [1.165, 1.54) is 0 Å². The van der Waals surface area contributed by atoms with Crippen molar-refractivity contribution in [3.8, 4) is 5.82 Å². The first-order chi connectivity index (χ1) is 7.79. The third kappa shape index (κ3) is 2.46. The van der Waals surface area contributed by atoms with Crippen LogP contribution >= 0.6 is 0 Å². The molecule has 2 aromatic rings. The van der Waals surface area contributed by atoms with Gasteiger partial charge in [-0.3, -0.25) is 4.68 Å². The van der Waals surface area contributed by atoms with E-state index in [4.69, 9.17) is 5.73 Å². The molecule has 0 aliphatic rings. The van der Waals surface area contributed by atoms with Crippen molar-refractivity contribution < 1.29 is 0 Å². The molecule has 0 radical (unpaired) electrons. The lowest BCUT2D eigenvalue weighted by atomic mass is 10.2. The van der Waals surface area contributed by atoms with Crippen LogP contribution in [-0.4, -0.2) is 31.3 Å². The Balaban J connectivity index is 2.02. The second-order valence-electron chi connectivity index (χ2n) is 3.75. The van der Waals surface area contributed by atoms with Crippen LogP contribution in [0.2, 0.25) is 0 Å². The van der Waals surface area contributed by atoms with Crippen molar-refractivity contribution in [2.45, 2.75) is 19.3 Å². The van der Waals surface area contributed by atoms with Crippen molar-refractivity contribution >= 4 is 0 Å². The molecule has 0 aromatic carbocycles. The molecule has 2 heterocycles. The molecule has 2 aromatic heterocycles. The Morgan fingerprint density at radius 1 is 1.38 bits per heavy atom. The third-order valence-electron chi connectivity index (χ3n) is 2.36. The van der Waals surface area contributed by atoms with Crippen LogP contribution in [0.25, 0.3) is 5.82 Å². The Hall–Kier alpha value is -1.69. The Morgan fingerprint density at radius 3 is 2.94 bits per heavy atom. The van der Waals surface area contributed by atoms with E-state index in [0.717, 1.165) is 37.3 Å². The van der Waals surface area contributed by atoms with Crippen molar-refractivity contribution in [3.63, 3.8) is 0 Å². The first-order valence-electron chi connectivity index (χ1n) is 5.41. The number of aromatic nitrogens is 5. The molecule has 0 fully saturated rings. The van der Waals surface area contributed by atoms with Gasteiger partial charge < -0.3 is 5.73 Å². The summed E-state index contributed by atoms with van der Waals surface area (Å²) in [6.45, 7) is 0.731. The maximum Gasteiger partial charge on any atom is 0.176 e. The largest absolute Gasteiger partial charge is 0.330 e. The number of rotatable bonds is 5. The van der Waals surface area contributed by atoms with Gasteiger partial charge in [0.05, 0.1) is 11.9 Å². The first kappa shape index (κ1) is 10.8. The monoisotopic (exact) mass is 220 g/mol. The van der Waals surface area contributed by atoms with Gasteiger partial charge in [-0.25, -0.2) is 4.68 Å². The van der Waals surface area contributed by atoms with E-state index >= 15 is 0 Å². The van der Waals surface area contributed by atoms with Gasteiger partial charge in [0.15, 0.2) is 5.82 Å². The van der Waals surface area contributed by atoms with E-state index in [2.05, 4.69) is 15.4 Å². The summed E-state index contributed by atoms with van der Waals surface area (Å²) in [5.74, 6) is 0.792. The summed E-state index contributed by atoms with van der Waals surface area (Å²) in [5, 5.41) is 12.4. The average molecular weight is 220 g/mol. The third-order valence-corrected chi connectivity index (χ3v) is 2.36. The highest BCUT2D eigenvalue weighted by atomic mass is 15.5. The summed E-state index contributed by atoms with van der Waals surface area (Å²) in [6.07, 6.45) is 6.79. The van der Waals surface area contributed by atoms with Crippen LogP contribution in [0.1, 0.15) is 18.5 Å². The summed E-state index contributed by atoms with van der Waals surface area (Å²) in [5.41, 5.74) is 6.42.